The minimum absolute atomic E-state index is 0.303. The minimum Gasteiger partial charge on any atom is -0.389 e. The van der Waals surface area contributed by atoms with E-state index in [1.807, 2.05) is 13.8 Å². The normalized spacial score (nSPS) is 10.4. The molecule has 2 aromatic heterocycles. The van der Waals surface area contributed by atoms with Crippen molar-refractivity contribution in [3.05, 3.63) is 29.0 Å². The first kappa shape index (κ1) is 13.3. The standard InChI is InChI=1S/C11H14N6OS/c1-6-7(2)15-16-11(9(6)10(12)19)13-4-3-8-14-5-18-17-8/h5H,3-4H2,1-2H3,(H2,12,19)(H,13,16). The van der Waals surface area contributed by atoms with Gasteiger partial charge in [-0.25, -0.2) is 0 Å². The van der Waals surface area contributed by atoms with Gasteiger partial charge in [0, 0.05) is 13.0 Å². The quantitative estimate of drug-likeness (QED) is 0.773. The van der Waals surface area contributed by atoms with Crippen LogP contribution in [-0.4, -0.2) is 31.9 Å². The number of nitrogens with two attached hydrogens (primary N) is 1. The van der Waals surface area contributed by atoms with E-state index in [-0.39, 0.29) is 0 Å². The van der Waals surface area contributed by atoms with Crippen molar-refractivity contribution in [2.45, 2.75) is 20.3 Å². The van der Waals surface area contributed by atoms with Crippen LogP contribution in [0.3, 0.4) is 0 Å². The summed E-state index contributed by atoms with van der Waals surface area (Å²) in [5, 5.41) is 15.0. The van der Waals surface area contributed by atoms with E-state index in [1.165, 1.54) is 6.39 Å². The van der Waals surface area contributed by atoms with Gasteiger partial charge >= 0.3 is 0 Å². The van der Waals surface area contributed by atoms with Crippen LogP contribution in [0.4, 0.5) is 5.82 Å². The predicted octanol–water partition coefficient (Wildman–Crippen LogP) is 0.765. The fourth-order valence-electron chi connectivity index (χ4n) is 1.63. The molecule has 0 saturated heterocycles. The van der Waals surface area contributed by atoms with E-state index in [0.717, 1.165) is 16.8 Å². The number of hydrogen-bond acceptors (Lipinski definition) is 7. The van der Waals surface area contributed by atoms with Crippen LogP contribution in [0.15, 0.2) is 10.9 Å². The fourth-order valence-corrected chi connectivity index (χ4v) is 1.88. The molecule has 0 saturated carbocycles. The molecule has 0 amide bonds. The summed E-state index contributed by atoms with van der Waals surface area (Å²) in [7, 11) is 0. The number of anilines is 1. The van der Waals surface area contributed by atoms with Gasteiger partial charge in [-0.05, 0) is 19.4 Å². The van der Waals surface area contributed by atoms with Crippen LogP contribution in [0.1, 0.15) is 22.6 Å². The topological polar surface area (TPSA) is 103 Å². The summed E-state index contributed by atoms with van der Waals surface area (Å²) in [6.45, 7) is 4.38. The fraction of sp³-hybridized carbons (Fsp3) is 0.364. The lowest BCUT2D eigenvalue weighted by Crippen LogP contribution is -2.19. The predicted molar refractivity (Wildman–Crippen MR) is 73.9 cm³/mol. The molecule has 0 aliphatic rings. The maximum Gasteiger partial charge on any atom is 0.213 e. The monoisotopic (exact) mass is 278 g/mol. The summed E-state index contributed by atoms with van der Waals surface area (Å²) in [5.74, 6) is 1.21. The van der Waals surface area contributed by atoms with Crippen LogP contribution in [0.5, 0.6) is 0 Å². The van der Waals surface area contributed by atoms with E-state index in [2.05, 4.69) is 30.2 Å². The molecule has 0 atom stereocenters. The van der Waals surface area contributed by atoms with Crippen molar-refractivity contribution >= 4 is 23.0 Å². The molecular formula is C11H14N6OS. The largest absolute Gasteiger partial charge is 0.389 e. The molecule has 7 nitrogen and oxygen atoms in total. The molecule has 3 N–H and O–H groups in total. The SMILES string of the molecule is Cc1nnc(NCCc2ncon2)c(C(N)=S)c1C. The molecular weight excluding hydrogens is 264 g/mol. The highest BCUT2D eigenvalue weighted by atomic mass is 32.1. The van der Waals surface area contributed by atoms with Crippen LogP contribution in [0, 0.1) is 13.8 Å². The number of rotatable bonds is 5. The molecule has 0 spiro atoms. The molecule has 2 rings (SSSR count). The smallest absolute Gasteiger partial charge is 0.213 e. The summed E-state index contributed by atoms with van der Waals surface area (Å²) in [5.41, 5.74) is 8.21. The summed E-state index contributed by atoms with van der Waals surface area (Å²) in [6, 6.07) is 0. The van der Waals surface area contributed by atoms with Gasteiger partial charge < -0.3 is 15.6 Å². The van der Waals surface area contributed by atoms with Gasteiger partial charge in [-0.15, -0.1) is 5.10 Å². The Balaban J connectivity index is 2.11. The van der Waals surface area contributed by atoms with Crippen LogP contribution in [-0.2, 0) is 6.42 Å². The lowest BCUT2D eigenvalue weighted by atomic mass is 10.1. The molecule has 0 bridgehead atoms. The summed E-state index contributed by atoms with van der Waals surface area (Å²) in [6.07, 6.45) is 1.91. The van der Waals surface area contributed by atoms with Crippen LogP contribution in [0.2, 0.25) is 0 Å². The Morgan fingerprint density at radius 2 is 2.21 bits per heavy atom. The Morgan fingerprint density at radius 3 is 2.84 bits per heavy atom. The highest BCUT2D eigenvalue weighted by Gasteiger charge is 2.13. The van der Waals surface area contributed by atoms with Crippen LogP contribution < -0.4 is 11.1 Å². The molecule has 19 heavy (non-hydrogen) atoms. The van der Waals surface area contributed by atoms with E-state index in [9.17, 15) is 0 Å². The number of thiocarbonyl (C=S) groups is 1. The van der Waals surface area contributed by atoms with Gasteiger partial charge in [0.05, 0.1) is 11.3 Å². The molecule has 0 aromatic carbocycles. The van der Waals surface area contributed by atoms with Crippen LogP contribution in [0.25, 0.3) is 0 Å². The van der Waals surface area contributed by atoms with E-state index in [1.54, 1.807) is 0 Å². The third kappa shape index (κ3) is 3.02. The van der Waals surface area contributed by atoms with Crippen LogP contribution >= 0.6 is 12.2 Å². The molecule has 0 unspecified atom stereocenters. The van der Waals surface area contributed by atoms with Gasteiger partial charge in [0.25, 0.3) is 0 Å². The van der Waals surface area contributed by atoms with Gasteiger partial charge in [0.1, 0.15) is 4.99 Å². The highest BCUT2D eigenvalue weighted by molar-refractivity contribution is 7.80. The Morgan fingerprint density at radius 1 is 1.42 bits per heavy atom. The first-order valence-corrected chi connectivity index (χ1v) is 6.13. The van der Waals surface area contributed by atoms with Crippen molar-refractivity contribution < 1.29 is 4.52 Å². The number of aryl methyl sites for hydroxylation is 1. The Kier molecular flexibility index (Phi) is 4.00. The zero-order valence-corrected chi connectivity index (χ0v) is 11.5. The van der Waals surface area contributed by atoms with E-state index in [4.69, 9.17) is 18.0 Å². The second kappa shape index (κ2) is 5.70. The van der Waals surface area contributed by atoms with Crippen molar-refractivity contribution in [3.63, 3.8) is 0 Å². The molecule has 0 radical (unpaired) electrons. The Bertz CT molecular complexity index is 583. The van der Waals surface area contributed by atoms with E-state index >= 15 is 0 Å². The lowest BCUT2D eigenvalue weighted by Gasteiger charge is -2.12. The summed E-state index contributed by atoms with van der Waals surface area (Å²) >= 11 is 5.06. The van der Waals surface area contributed by atoms with Gasteiger partial charge in [0.15, 0.2) is 11.6 Å². The molecule has 8 heteroatoms. The number of nitrogens with one attached hydrogen (secondary N) is 1. The molecule has 0 fully saturated rings. The summed E-state index contributed by atoms with van der Waals surface area (Å²) in [4.78, 5) is 4.24. The first-order valence-electron chi connectivity index (χ1n) is 5.72. The second-order valence-electron chi connectivity index (χ2n) is 4.02. The average molecular weight is 278 g/mol. The van der Waals surface area contributed by atoms with Crippen molar-refractivity contribution in [3.8, 4) is 0 Å². The zero-order chi connectivity index (χ0) is 13.8. The van der Waals surface area contributed by atoms with Gasteiger partial charge in [-0.2, -0.15) is 10.1 Å². The second-order valence-corrected chi connectivity index (χ2v) is 4.46. The van der Waals surface area contributed by atoms with Crippen molar-refractivity contribution in [2.75, 3.05) is 11.9 Å². The number of aromatic nitrogens is 4. The maximum atomic E-state index is 5.73. The number of hydrogen-bond donors (Lipinski definition) is 2. The molecule has 100 valence electrons. The van der Waals surface area contributed by atoms with Crippen molar-refractivity contribution in [2.24, 2.45) is 5.73 Å². The van der Waals surface area contributed by atoms with E-state index in [0.29, 0.717) is 29.6 Å². The average Bonchev–Trinajstić information content (AvgIpc) is 2.86. The molecule has 0 aliphatic carbocycles. The van der Waals surface area contributed by atoms with Gasteiger partial charge in [0.2, 0.25) is 6.39 Å². The van der Waals surface area contributed by atoms with Crippen molar-refractivity contribution in [1.82, 2.24) is 20.3 Å². The minimum atomic E-state index is 0.303. The number of nitrogens with zero attached hydrogens (tertiary/aromatic N) is 4. The first-order chi connectivity index (χ1) is 9.09. The molecule has 2 aromatic rings. The molecule has 0 aliphatic heterocycles. The van der Waals surface area contributed by atoms with E-state index < -0.39 is 0 Å². The Labute approximate surface area is 115 Å². The van der Waals surface area contributed by atoms with Crippen molar-refractivity contribution in [1.29, 1.82) is 0 Å². The third-order valence-electron chi connectivity index (χ3n) is 2.75. The Hall–Kier alpha value is -2.09. The molecule has 2 heterocycles. The van der Waals surface area contributed by atoms with Gasteiger partial charge in [-0.3, -0.25) is 0 Å². The highest BCUT2D eigenvalue weighted by Crippen LogP contribution is 2.18. The maximum absolute atomic E-state index is 5.73. The van der Waals surface area contributed by atoms with Gasteiger partial charge in [-0.1, -0.05) is 17.4 Å². The lowest BCUT2D eigenvalue weighted by molar-refractivity contribution is 0.410. The summed E-state index contributed by atoms with van der Waals surface area (Å²) < 4.78 is 4.66. The third-order valence-corrected chi connectivity index (χ3v) is 2.95. The zero-order valence-electron chi connectivity index (χ0n) is 10.7.